The SMILES string of the molecule is Cc1ccc(OCC(=O)N/N=C/c2cc(Br)ccc2OC(=O)c2ccc(Br)cc2)cc1. The molecule has 8 heteroatoms. The zero-order valence-electron chi connectivity index (χ0n) is 16.5. The molecule has 0 aliphatic heterocycles. The topological polar surface area (TPSA) is 77.0 Å². The van der Waals surface area contributed by atoms with Crippen molar-refractivity contribution >= 4 is 50.0 Å². The number of carbonyl (C=O) groups is 2. The maximum absolute atomic E-state index is 12.4. The predicted octanol–water partition coefficient (Wildman–Crippen LogP) is 5.27. The molecule has 0 spiro atoms. The summed E-state index contributed by atoms with van der Waals surface area (Å²) in [5, 5.41) is 3.94. The highest BCUT2D eigenvalue weighted by Gasteiger charge is 2.12. The number of ether oxygens (including phenoxy) is 2. The van der Waals surface area contributed by atoms with E-state index in [1.54, 1.807) is 54.6 Å². The van der Waals surface area contributed by atoms with Crippen molar-refractivity contribution in [3.05, 3.63) is 92.4 Å². The van der Waals surface area contributed by atoms with Crippen LogP contribution in [0.5, 0.6) is 11.5 Å². The number of halogens is 2. The summed E-state index contributed by atoms with van der Waals surface area (Å²) in [7, 11) is 0. The van der Waals surface area contributed by atoms with Crippen molar-refractivity contribution in [2.75, 3.05) is 6.61 Å². The fourth-order valence-electron chi connectivity index (χ4n) is 2.45. The van der Waals surface area contributed by atoms with Crippen LogP contribution < -0.4 is 14.9 Å². The van der Waals surface area contributed by atoms with E-state index in [-0.39, 0.29) is 6.61 Å². The molecule has 6 nitrogen and oxygen atoms in total. The molecular weight excluding hydrogens is 528 g/mol. The van der Waals surface area contributed by atoms with Gasteiger partial charge in [0.25, 0.3) is 5.91 Å². The fourth-order valence-corrected chi connectivity index (χ4v) is 3.09. The third kappa shape index (κ3) is 7.04. The molecule has 0 saturated heterocycles. The van der Waals surface area contributed by atoms with Crippen LogP contribution in [0, 0.1) is 6.92 Å². The number of hydrogen-bond donors (Lipinski definition) is 1. The third-order valence-electron chi connectivity index (χ3n) is 4.04. The minimum absolute atomic E-state index is 0.176. The Labute approximate surface area is 196 Å². The largest absolute Gasteiger partial charge is 0.484 e. The quantitative estimate of drug-likeness (QED) is 0.190. The summed E-state index contributed by atoms with van der Waals surface area (Å²) in [5.74, 6) is -0.0101. The van der Waals surface area contributed by atoms with Crippen LogP contribution in [-0.4, -0.2) is 24.7 Å². The van der Waals surface area contributed by atoms with E-state index in [2.05, 4.69) is 42.4 Å². The fraction of sp³-hybridized carbons (Fsp3) is 0.0870. The van der Waals surface area contributed by atoms with Crippen LogP contribution in [0.4, 0.5) is 0 Å². The van der Waals surface area contributed by atoms with E-state index >= 15 is 0 Å². The van der Waals surface area contributed by atoms with Crippen molar-refractivity contribution in [1.82, 2.24) is 5.43 Å². The third-order valence-corrected chi connectivity index (χ3v) is 5.06. The molecule has 3 aromatic carbocycles. The molecule has 0 radical (unpaired) electrons. The lowest BCUT2D eigenvalue weighted by Crippen LogP contribution is -2.24. The lowest BCUT2D eigenvalue weighted by atomic mass is 10.2. The summed E-state index contributed by atoms with van der Waals surface area (Å²) in [4.78, 5) is 24.4. The first-order chi connectivity index (χ1) is 14.9. The Morgan fingerprint density at radius 3 is 2.35 bits per heavy atom. The Balaban J connectivity index is 1.61. The molecule has 1 N–H and O–H groups in total. The maximum Gasteiger partial charge on any atom is 0.343 e. The van der Waals surface area contributed by atoms with Crippen LogP contribution >= 0.6 is 31.9 Å². The van der Waals surface area contributed by atoms with E-state index < -0.39 is 11.9 Å². The van der Waals surface area contributed by atoms with Gasteiger partial charge in [-0.15, -0.1) is 0 Å². The second kappa shape index (κ2) is 10.9. The van der Waals surface area contributed by atoms with Gasteiger partial charge >= 0.3 is 5.97 Å². The van der Waals surface area contributed by atoms with Gasteiger partial charge in [-0.2, -0.15) is 5.10 Å². The smallest absolute Gasteiger partial charge is 0.343 e. The molecule has 0 fully saturated rings. The first-order valence-corrected chi connectivity index (χ1v) is 10.8. The van der Waals surface area contributed by atoms with E-state index in [1.165, 1.54) is 6.21 Å². The van der Waals surface area contributed by atoms with Gasteiger partial charge in [0, 0.05) is 14.5 Å². The first-order valence-electron chi connectivity index (χ1n) is 9.19. The van der Waals surface area contributed by atoms with Gasteiger partial charge in [-0.3, -0.25) is 4.79 Å². The van der Waals surface area contributed by atoms with Crippen molar-refractivity contribution in [2.45, 2.75) is 6.92 Å². The number of esters is 1. The molecule has 158 valence electrons. The van der Waals surface area contributed by atoms with Crippen LogP contribution in [0.3, 0.4) is 0 Å². The number of hydrogen-bond acceptors (Lipinski definition) is 5. The zero-order valence-corrected chi connectivity index (χ0v) is 19.6. The van der Waals surface area contributed by atoms with Crippen molar-refractivity contribution < 1.29 is 19.1 Å². The summed E-state index contributed by atoms with van der Waals surface area (Å²) in [6.07, 6.45) is 1.40. The van der Waals surface area contributed by atoms with Crippen LogP contribution in [0.1, 0.15) is 21.5 Å². The van der Waals surface area contributed by atoms with Crippen molar-refractivity contribution in [3.63, 3.8) is 0 Å². The molecule has 0 aliphatic carbocycles. The second-order valence-corrected chi connectivity index (χ2v) is 8.30. The average Bonchev–Trinajstić information content (AvgIpc) is 2.75. The molecule has 0 saturated carbocycles. The molecule has 0 aliphatic rings. The van der Waals surface area contributed by atoms with Crippen molar-refractivity contribution in [2.24, 2.45) is 5.10 Å². The van der Waals surface area contributed by atoms with E-state index in [4.69, 9.17) is 9.47 Å². The van der Waals surface area contributed by atoms with Crippen molar-refractivity contribution in [3.8, 4) is 11.5 Å². The molecule has 0 atom stereocenters. The van der Waals surface area contributed by atoms with Crippen molar-refractivity contribution in [1.29, 1.82) is 0 Å². The molecular formula is C23H18Br2N2O4. The Hall–Kier alpha value is -2.97. The van der Waals surface area contributed by atoms with Gasteiger partial charge in [-0.1, -0.05) is 49.6 Å². The average molecular weight is 546 g/mol. The molecule has 0 unspecified atom stereocenters. The minimum atomic E-state index is -0.500. The van der Waals surface area contributed by atoms with Crippen LogP contribution in [0.2, 0.25) is 0 Å². The molecule has 0 heterocycles. The van der Waals surface area contributed by atoms with E-state index in [9.17, 15) is 9.59 Å². The van der Waals surface area contributed by atoms with Gasteiger partial charge in [0.15, 0.2) is 6.61 Å². The molecule has 3 rings (SSSR count). The van der Waals surface area contributed by atoms with Crippen LogP contribution in [-0.2, 0) is 4.79 Å². The standard InChI is InChI=1S/C23H18Br2N2O4/c1-15-2-9-20(10-3-15)30-14-22(28)27-26-13-17-12-19(25)8-11-21(17)31-23(29)16-4-6-18(24)7-5-16/h2-13H,14H2,1H3,(H,27,28)/b26-13+. The Bertz CT molecular complexity index is 1100. The molecule has 3 aromatic rings. The molecule has 31 heavy (non-hydrogen) atoms. The number of amides is 1. The predicted molar refractivity (Wildman–Crippen MR) is 126 cm³/mol. The number of nitrogens with one attached hydrogen (secondary N) is 1. The number of rotatable bonds is 7. The lowest BCUT2D eigenvalue weighted by Gasteiger charge is -2.08. The summed E-state index contributed by atoms with van der Waals surface area (Å²) < 4.78 is 12.5. The molecule has 0 bridgehead atoms. The van der Waals surface area contributed by atoms with Gasteiger partial charge in [0.2, 0.25) is 0 Å². The number of carbonyl (C=O) groups excluding carboxylic acids is 2. The van der Waals surface area contributed by atoms with Gasteiger partial charge in [0.05, 0.1) is 11.8 Å². The highest BCUT2D eigenvalue weighted by atomic mass is 79.9. The van der Waals surface area contributed by atoms with E-state index in [1.807, 2.05) is 19.1 Å². The Morgan fingerprint density at radius 2 is 1.65 bits per heavy atom. The maximum atomic E-state index is 12.4. The highest BCUT2D eigenvalue weighted by molar-refractivity contribution is 9.10. The van der Waals surface area contributed by atoms with Crippen LogP contribution in [0.25, 0.3) is 0 Å². The molecule has 0 aromatic heterocycles. The minimum Gasteiger partial charge on any atom is -0.484 e. The van der Waals surface area contributed by atoms with Gasteiger partial charge in [-0.05, 0) is 61.5 Å². The van der Waals surface area contributed by atoms with Gasteiger partial charge < -0.3 is 9.47 Å². The Morgan fingerprint density at radius 1 is 0.968 bits per heavy atom. The number of hydrazone groups is 1. The van der Waals surface area contributed by atoms with E-state index in [0.717, 1.165) is 14.5 Å². The summed E-state index contributed by atoms with van der Waals surface area (Å²) in [5.41, 5.74) is 4.43. The second-order valence-electron chi connectivity index (χ2n) is 6.47. The number of benzene rings is 3. The van der Waals surface area contributed by atoms with Gasteiger partial charge in [0.1, 0.15) is 11.5 Å². The summed E-state index contributed by atoms with van der Waals surface area (Å²) in [6.45, 7) is 1.79. The Kier molecular flexibility index (Phi) is 7.97. The summed E-state index contributed by atoms with van der Waals surface area (Å²) in [6, 6.07) is 19.3. The van der Waals surface area contributed by atoms with Gasteiger partial charge in [-0.25, -0.2) is 10.2 Å². The zero-order chi connectivity index (χ0) is 22.2. The summed E-state index contributed by atoms with van der Waals surface area (Å²) >= 11 is 6.71. The number of nitrogens with zero attached hydrogens (tertiary/aromatic N) is 1. The van der Waals surface area contributed by atoms with E-state index in [0.29, 0.717) is 22.6 Å². The monoisotopic (exact) mass is 544 g/mol. The highest BCUT2D eigenvalue weighted by Crippen LogP contribution is 2.23. The molecule has 1 amide bonds. The number of aryl methyl sites for hydroxylation is 1. The van der Waals surface area contributed by atoms with Crippen LogP contribution in [0.15, 0.2) is 80.8 Å². The lowest BCUT2D eigenvalue weighted by molar-refractivity contribution is -0.123. The normalized spacial score (nSPS) is 10.7. The first kappa shape index (κ1) is 22.7.